The number of carboxylic acid groups (broad SMARTS) is 1. The normalized spacial score (nSPS) is 28.7. The maximum atomic E-state index is 12.4. The first-order valence-corrected chi connectivity index (χ1v) is 6.70. The van der Waals surface area contributed by atoms with Crippen LogP contribution in [0.5, 0.6) is 0 Å². The van der Waals surface area contributed by atoms with Crippen LogP contribution in [0.25, 0.3) is 0 Å². The van der Waals surface area contributed by atoms with E-state index in [1.165, 1.54) is 26.1 Å². The fourth-order valence-corrected chi connectivity index (χ4v) is 2.66. The van der Waals surface area contributed by atoms with Gasteiger partial charge in [0.15, 0.2) is 0 Å². The molecule has 8 heteroatoms. The van der Waals surface area contributed by atoms with Crippen molar-refractivity contribution in [1.82, 2.24) is 9.91 Å². The predicted molar refractivity (Wildman–Crippen MR) is 72.6 cm³/mol. The average Bonchev–Trinajstić information content (AvgIpc) is 2.39. The fourth-order valence-electron chi connectivity index (χ4n) is 2.66. The van der Waals surface area contributed by atoms with E-state index in [1.807, 2.05) is 0 Å². The van der Waals surface area contributed by atoms with Gasteiger partial charge in [-0.3, -0.25) is 9.59 Å². The predicted octanol–water partition coefficient (Wildman–Crippen LogP) is -0.315. The molecule has 1 aliphatic carbocycles. The van der Waals surface area contributed by atoms with E-state index in [4.69, 9.17) is 4.74 Å². The minimum absolute atomic E-state index is 0.158. The standard InChI is InChI=1S/C13H19N3O5/c1-15(13(12(19)20)6-8(7-13)21-3)11(18)9-4-5-10(17)16(2)14-9/h8H,4-7H2,1-3H3,(H,19,20). The first-order valence-electron chi connectivity index (χ1n) is 6.70. The number of nitrogens with zero attached hydrogens (tertiary/aromatic N) is 3. The topological polar surface area (TPSA) is 99.5 Å². The highest BCUT2D eigenvalue weighted by atomic mass is 16.5. The summed E-state index contributed by atoms with van der Waals surface area (Å²) in [4.78, 5) is 36.6. The summed E-state index contributed by atoms with van der Waals surface area (Å²) < 4.78 is 5.11. The lowest BCUT2D eigenvalue weighted by Gasteiger charge is -2.49. The monoisotopic (exact) mass is 297 g/mol. The van der Waals surface area contributed by atoms with Gasteiger partial charge in [0.05, 0.1) is 6.10 Å². The molecule has 0 atom stereocenters. The Morgan fingerprint density at radius 1 is 1.43 bits per heavy atom. The molecule has 116 valence electrons. The van der Waals surface area contributed by atoms with E-state index in [0.29, 0.717) is 0 Å². The molecule has 2 aliphatic rings. The third-order valence-corrected chi connectivity index (χ3v) is 4.26. The summed E-state index contributed by atoms with van der Waals surface area (Å²) in [5.74, 6) is -1.66. The molecule has 0 aromatic carbocycles. The van der Waals surface area contributed by atoms with Crippen molar-refractivity contribution < 1.29 is 24.2 Å². The molecule has 1 heterocycles. The first kappa shape index (κ1) is 15.4. The molecule has 0 unspecified atom stereocenters. The van der Waals surface area contributed by atoms with Gasteiger partial charge in [-0.25, -0.2) is 9.80 Å². The number of hydrogen-bond acceptors (Lipinski definition) is 5. The zero-order chi connectivity index (χ0) is 15.8. The summed E-state index contributed by atoms with van der Waals surface area (Å²) in [6, 6.07) is 0. The summed E-state index contributed by atoms with van der Waals surface area (Å²) in [7, 11) is 4.46. The smallest absolute Gasteiger partial charge is 0.329 e. The molecule has 0 saturated heterocycles. The summed E-state index contributed by atoms with van der Waals surface area (Å²) in [6.45, 7) is 0. The van der Waals surface area contributed by atoms with Gasteiger partial charge in [0, 0.05) is 46.9 Å². The number of hydrazone groups is 1. The number of carbonyl (C=O) groups is 3. The Kier molecular flexibility index (Phi) is 3.99. The van der Waals surface area contributed by atoms with E-state index in [9.17, 15) is 19.5 Å². The van der Waals surface area contributed by atoms with Gasteiger partial charge in [-0.05, 0) is 0 Å². The highest BCUT2D eigenvalue weighted by molar-refractivity contribution is 6.39. The van der Waals surface area contributed by atoms with Gasteiger partial charge in [0.1, 0.15) is 11.3 Å². The van der Waals surface area contributed by atoms with Crippen molar-refractivity contribution in [2.45, 2.75) is 37.3 Å². The largest absolute Gasteiger partial charge is 0.479 e. The number of rotatable bonds is 4. The van der Waals surface area contributed by atoms with E-state index in [-0.39, 0.29) is 43.4 Å². The molecule has 0 radical (unpaired) electrons. The van der Waals surface area contributed by atoms with Crippen molar-refractivity contribution in [2.24, 2.45) is 5.10 Å². The van der Waals surface area contributed by atoms with E-state index in [2.05, 4.69) is 5.10 Å². The van der Waals surface area contributed by atoms with Crippen LogP contribution >= 0.6 is 0 Å². The number of hydrogen-bond donors (Lipinski definition) is 1. The number of ether oxygens (including phenoxy) is 1. The molecule has 0 aromatic rings. The Hall–Kier alpha value is -1.96. The minimum atomic E-state index is -1.25. The van der Waals surface area contributed by atoms with Crippen molar-refractivity contribution in [3.8, 4) is 0 Å². The number of aliphatic carboxylic acids is 1. The Balaban J connectivity index is 2.17. The van der Waals surface area contributed by atoms with Gasteiger partial charge in [-0.2, -0.15) is 5.10 Å². The highest BCUT2D eigenvalue weighted by Gasteiger charge is 2.56. The molecular formula is C13H19N3O5. The maximum Gasteiger partial charge on any atom is 0.329 e. The number of carboxylic acids is 1. The second-order valence-corrected chi connectivity index (χ2v) is 5.43. The van der Waals surface area contributed by atoms with Crippen molar-refractivity contribution in [3.63, 3.8) is 0 Å². The van der Waals surface area contributed by atoms with Crippen molar-refractivity contribution in [2.75, 3.05) is 21.2 Å². The minimum Gasteiger partial charge on any atom is -0.479 e. The third-order valence-electron chi connectivity index (χ3n) is 4.26. The lowest BCUT2D eigenvalue weighted by molar-refractivity contribution is -0.172. The zero-order valence-corrected chi connectivity index (χ0v) is 12.3. The molecular weight excluding hydrogens is 278 g/mol. The Morgan fingerprint density at radius 3 is 2.52 bits per heavy atom. The highest BCUT2D eigenvalue weighted by Crippen LogP contribution is 2.39. The molecule has 0 bridgehead atoms. The van der Waals surface area contributed by atoms with Crippen LogP contribution in [-0.2, 0) is 19.1 Å². The van der Waals surface area contributed by atoms with E-state index in [1.54, 1.807) is 0 Å². The third kappa shape index (κ3) is 2.51. The Bertz CT molecular complexity index is 510. The number of methoxy groups -OCH3 is 1. The summed E-state index contributed by atoms with van der Waals surface area (Å²) in [5, 5.41) is 14.5. The number of amides is 2. The Labute approximate surface area is 122 Å². The van der Waals surface area contributed by atoms with Crippen LogP contribution in [0.4, 0.5) is 0 Å². The van der Waals surface area contributed by atoms with Gasteiger partial charge < -0.3 is 14.7 Å². The maximum absolute atomic E-state index is 12.4. The molecule has 0 aromatic heterocycles. The van der Waals surface area contributed by atoms with Crippen molar-refractivity contribution in [1.29, 1.82) is 0 Å². The van der Waals surface area contributed by atoms with E-state index in [0.717, 1.165) is 5.01 Å². The van der Waals surface area contributed by atoms with Crippen molar-refractivity contribution >= 4 is 23.5 Å². The Morgan fingerprint density at radius 2 is 2.05 bits per heavy atom. The molecule has 2 rings (SSSR count). The molecule has 1 saturated carbocycles. The van der Waals surface area contributed by atoms with Gasteiger partial charge in [-0.15, -0.1) is 0 Å². The van der Waals surface area contributed by atoms with Crippen LogP contribution in [0.3, 0.4) is 0 Å². The molecule has 2 amide bonds. The second-order valence-electron chi connectivity index (χ2n) is 5.43. The number of likely N-dealkylation sites (N-methyl/N-ethyl adjacent to an activating group) is 1. The second kappa shape index (κ2) is 5.44. The average molecular weight is 297 g/mol. The van der Waals surface area contributed by atoms with Crippen LogP contribution in [0.2, 0.25) is 0 Å². The lowest BCUT2D eigenvalue weighted by atomic mass is 9.72. The van der Waals surface area contributed by atoms with Crippen LogP contribution in [0.15, 0.2) is 5.10 Å². The molecule has 1 fully saturated rings. The fraction of sp³-hybridized carbons (Fsp3) is 0.692. The van der Waals surface area contributed by atoms with Gasteiger partial charge in [0.2, 0.25) is 5.91 Å². The van der Waals surface area contributed by atoms with E-state index >= 15 is 0 Å². The molecule has 21 heavy (non-hydrogen) atoms. The van der Waals surface area contributed by atoms with Gasteiger partial charge in [-0.1, -0.05) is 0 Å². The van der Waals surface area contributed by atoms with Crippen LogP contribution in [0, 0.1) is 0 Å². The molecule has 1 aliphatic heterocycles. The molecule has 1 N–H and O–H groups in total. The SMILES string of the molecule is COC1CC(C(=O)O)(N(C)C(=O)C2=NN(C)C(=O)CC2)C1. The van der Waals surface area contributed by atoms with Crippen LogP contribution in [0.1, 0.15) is 25.7 Å². The summed E-state index contributed by atoms with van der Waals surface area (Å²) in [5.41, 5.74) is -1.04. The van der Waals surface area contributed by atoms with Gasteiger partial charge >= 0.3 is 5.97 Å². The molecule has 8 nitrogen and oxygen atoms in total. The van der Waals surface area contributed by atoms with Crippen LogP contribution < -0.4 is 0 Å². The first-order chi connectivity index (χ1) is 9.81. The van der Waals surface area contributed by atoms with Gasteiger partial charge in [0.25, 0.3) is 5.91 Å². The quantitative estimate of drug-likeness (QED) is 0.767. The van der Waals surface area contributed by atoms with Crippen molar-refractivity contribution in [3.05, 3.63) is 0 Å². The van der Waals surface area contributed by atoms with Crippen LogP contribution in [-0.4, -0.2) is 71.4 Å². The number of carbonyl (C=O) groups excluding carboxylic acids is 2. The summed E-state index contributed by atoms with van der Waals surface area (Å²) >= 11 is 0. The lowest BCUT2D eigenvalue weighted by Crippen LogP contribution is -2.66. The molecule has 0 spiro atoms. The summed E-state index contributed by atoms with van der Waals surface area (Å²) in [6.07, 6.45) is 0.784. The van der Waals surface area contributed by atoms with E-state index < -0.39 is 17.4 Å². The zero-order valence-electron chi connectivity index (χ0n) is 12.3.